The van der Waals surface area contributed by atoms with Crippen LogP contribution in [0.5, 0.6) is 5.75 Å². The van der Waals surface area contributed by atoms with Gasteiger partial charge in [-0.1, -0.05) is 34.6 Å². The summed E-state index contributed by atoms with van der Waals surface area (Å²) >= 11 is 0. The zero-order valence-corrected chi connectivity index (χ0v) is 25.4. The Kier molecular flexibility index (Phi) is 7.49. The summed E-state index contributed by atoms with van der Waals surface area (Å²) in [7, 11) is 3.07. The summed E-state index contributed by atoms with van der Waals surface area (Å²) in [5, 5.41) is 48.7. The lowest BCUT2D eigenvalue weighted by Crippen LogP contribution is -2.72. The summed E-state index contributed by atoms with van der Waals surface area (Å²) in [6, 6.07) is 0.201. The first-order valence-corrected chi connectivity index (χ1v) is 13.8. The lowest BCUT2D eigenvalue weighted by Gasteiger charge is -2.59. The number of primary amides is 1. The zero-order valence-electron chi connectivity index (χ0n) is 25.4. The van der Waals surface area contributed by atoms with Gasteiger partial charge in [0, 0.05) is 22.9 Å². The second-order valence-corrected chi connectivity index (χ2v) is 13.7. The fourth-order valence-corrected chi connectivity index (χ4v) is 7.17. The van der Waals surface area contributed by atoms with Crippen molar-refractivity contribution >= 4 is 35.0 Å². The number of ether oxygens (including phenoxy) is 1. The van der Waals surface area contributed by atoms with Crippen LogP contribution in [0, 0.1) is 16.2 Å². The molecular weight excluding hydrogens is 560 g/mol. The molecule has 1 aromatic rings. The summed E-state index contributed by atoms with van der Waals surface area (Å²) in [5.41, 5.74) is 4.70. The number of aliphatic hydroxyl groups excluding tert-OH is 2. The highest BCUT2D eigenvalue weighted by molar-refractivity contribution is 6.25. The maximum absolute atomic E-state index is 14.4. The van der Waals surface area contributed by atoms with Gasteiger partial charge in [0.2, 0.25) is 5.78 Å². The minimum Gasteiger partial charge on any atom is -0.508 e. The molecule has 4 atom stereocenters. The van der Waals surface area contributed by atoms with Gasteiger partial charge in [0.05, 0.1) is 23.9 Å². The molecule has 0 heterocycles. The number of benzene rings is 1. The maximum atomic E-state index is 14.4. The Morgan fingerprint density at radius 3 is 2.28 bits per heavy atom. The second kappa shape index (κ2) is 10.1. The van der Waals surface area contributed by atoms with Crippen LogP contribution in [-0.4, -0.2) is 81.2 Å². The van der Waals surface area contributed by atoms with Gasteiger partial charge >= 0.3 is 6.09 Å². The molecule has 0 aliphatic heterocycles. The summed E-state index contributed by atoms with van der Waals surface area (Å²) in [6.07, 6.45) is -0.944. The van der Waals surface area contributed by atoms with Crippen LogP contribution in [0.2, 0.25) is 0 Å². The van der Waals surface area contributed by atoms with E-state index in [-0.39, 0.29) is 48.2 Å². The summed E-state index contributed by atoms with van der Waals surface area (Å²) in [6.45, 7) is 8.75. The van der Waals surface area contributed by atoms with Gasteiger partial charge in [-0.2, -0.15) is 0 Å². The quantitative estimate of drug-likeness (QED) is 0.190. The van der Waals surface area contributed by atoms with E-state index in [0.29, 0.717) is 11.1 Å². The normalized spacial score (nSPS) is 28.8. The Morgan fingerprint density at radius 2 is 1.77 bits per heavy atom. The van der Waals surface area contributed by atoms with Crippen LogP contribution in [0.25, 0.3) is 5.76 Å². The van der Waals surface area contributed by atoms with Crippen molar-refractivity contribution in [1.29, 1.82) is 0 Å². The number of amides is 2. The van der Waals surface area contributed by atoms with Gasteiger partial charge in [0.25, 0.3) is 5.91 Å². The zero-order chi connectivity index (χ0) is 32.6. The number of aliphatic hydroxyl groups is 3. The molecule has 43 heavy (non-hydrogen) atoms. The fourth-order valence-electron chi connectivity index (χ4n) is 7.17. The number of carbonyl (C=O) groups is 4. The number of Topliss-reactive ketones (excluding diaryl/α,β-unsaturated/α-hetero) is 2. The first-order chi connectivity index (χ1) is 19.7. The number of phenolic OH excluding ortho intramolecular Hbond substituents is 1. The maximum Gasteiger partial charge on any atom is 0.411 e. The SMILES string of the molecule is CN(C)[C@@H]1C(=O)C(C(N)=O)=C(O)[C@@]2(O)C(=O)C3=C(O)c4c(O)c(NC(=O)OCC(C)(C)C)cc(CN)c4C[C@@]3(C)C[C@@]12C. The number of phenols is 1. The number of carbonyl (C=O) groups excluding carboxylic acids is 4. The smallest absolute Gasteiger partial charge is 0.411 e. The van der Waals surface area contributed by atoms with E-state index < -0.39 is 68.9 Å². The molecule has 13 heteroatoms. The van der Waals surface area contributed by atoms with Gasteiger partial charge in [-0.05, 0) is 49.5 Å². The summed E-state index contributed by atoms with van der Waals surface area (Å²) < 4.78 is 5.24. The first kappa shape index (κ1) is 32.0. The molecule has 13 nitrogen and oxygen atoms in total. The van der Waals surface area contributed by atoms with E-state index >= 15 is 0 Å². The van der Waals surface area contributed by atoms with Crippen LogP contribution in [0.4, 0.5) is 10.5 Å². The van der Waals surface area contributed by atoms with Crippen molar-refractivity contribution in [2.45, 2.75) is 65.6 Å². The van der Waals surface area contributed by atoms with Gasteiger partial charge in [-0.25, -0.2) is 4.79 Å². The van der Waals surface area contributed by atoms with E-state index in [9.17, 15) is 39.6 Å². The van der Waals surface area contributed by atoms with Crippen molar-refractivity contribution in [2.75, 3.05) is 26.0 Å². The van der Waals surface area contributed by atoms with Crippen LogP contribution in [-0.2, 0) is 32.1 Å². The van der Waals surface area contributed by atoms with Gasteiger partial charge in [0.1, 0.15) is 22.8 Å². The predicted octanol–water partition coefficient (Wildman–Crippen LogP) is 1.80. The second-order valence-electron chi connectivity index (χ2n) is 13.7. The largest absolute Gasteiger partial charge is 0.508 e. The molecule has 234 valence electrons. The Labute approximate surface area is 249 Å². The number of fused-ring (bicyclic) bond motifs is 3. The number of likely N-dealkylation sites (N-methyl/N-ethyl adjacent to an activating group) is 1. The minimum absolute atomic E-state index is 0.0372. The third-order valence-electron chi connectivity index (χ3n) is 8.82. The standard InChI is InChI=1S/C30H40N4O9/c1-27(2,3)12-43-26(41)33-15-8-13(10-31)14-9-28(4)11-29(5)22(34(6)7)21(37)17(25(32)40)23(38)30(29,42)24(39)18(28)20(36)16(14)19(15)35/h8,22,35-36,38,42H,9-12,31H2,1-7H3,(H2,32,40)(H,33,41)/t22-,28+,29+,30-/m1/s1. The average Bonchev–Trinajstić information content (AvgIpc) is 2.85. The number of nitrogens with one attached hydrogen (secondary N) is 1. The highest BCUT2D eigenvalue weighted by Gasteiger charge is 2.72. The van der Waals surface area contributed by atoms with Crippen LogP contribution in [0.3, 0.4) is 0 Å². The molecular formula is C30H40N4O9. The molecule has 0 radical (unpaired) electrons. The van der Waals surface area contributed by atoms with E-state index in [4.69, 9.17) is 16.2 Å². The molecule has 1 aromatic carbocycles. The molecule has 1 saturated carbocycles. The van der Waals surface area contributed by atoms with Crippen LogP contribution >= 0.6 is 0 Å². The fraction of sp³-hybridized carbons (Fsp3) is 0.533. The number of rotatable bonds is 5. The molecule has 0 unspecified atom stereocenters. The highest BCUT2D eigenvalue weighted by atomic mass is 16.5. The number of anilines is 1. The van der Waals surface area contributed by atoms with Crippen LogP contribution < -0.4 is 16.8 Å². The lowest BCUT2D eigenvalue weighted by atomic mass is 9.46. The summed E-state index contributed by atoms with van der Waals surface area (Å²) in [5.74, 6) is -5.78. The third-order valence-corrected chi connectivity index (χ3v) is 8.82. The minimum atomic E-state index is -2.83. The van der Waals surface area contributed by atoms with Crippen molar-refractivity contribution < 1.29 is 44.3 Å². The number of hydrogen-bond acceptors (Lipinski definition) is 11. The molecule has 3 aliphatic carbocycles. The molecule has 0 spiro atoms. The van der Waals surface area contributed by atoms with E-state index in [1.807, 2.05) is 20.8 Å². The molecule has 1 fully saturated rings. The molecule has 2 amide bonds. The number of hydrogen-bond donors (Lipinski definition) is 7. The van der Waals surface area contributed by atoms with Crippen molar-refractivity contribution in [3.8, 4) is 5.75 Å². The van der Waals surface area contributed by atoms with Crippen molar-refractivity contribution in [2.24, 2.45) is 27.7 Å². The van der Waals surface area contributed by atoms with Gasteiger partial charge in [-0.3, -0.25) is 24.6 Å². The predicted molar refractivity (Wildman–Crippen MR) is 156 cm³/mol. The van der Waals surface area contributed by atoms with Gasteiger partial charge < -0.3 is 36.6 Å². The highest BCUT2D eigenvalue weighted by Crippen LogP contribution is 2.63. The molecule has 9 N–H and O–H groups in total. The summed E-state index contributed by atoms with van der Waals surface area (Å²) in [4.78, 5) is 54.1. The Balaban J connectivity index is 1.95. The van der Waals surface area contributed by atoms with Crippen LogP contribution in [0.1, 0.15) is 57.7 Å². The monoisotopic (exact) mass is 600 g/mol. The molecule has 0 saturated heterocycles. The first-order valence-electron chi connectivity index (χ1n) is 13.8. The Morgan fingerprint density at radius 1 is 1.16 bits per heavy atom. The number of nitrogens with zero attached hydrogens (tertiary/aromatic N) is 1. The van der Waals surface area contributed by atoms with E-state index in [1.54, 1.807) is 6.92 Å². The van der Waals surface area contributed by atoms with Gasteiger partial charge in [0.15, 0.2) is 11.4 Å². The van der Waals surface area contributed by atoms with Gasteiger partial charge in [-0.15, -0.1) is 0 Å². The van der Waals surface area contributed by atoms with E-state index in [2.05, 4.69) is 5.32 Å². The molecule has 4 rings (SSSR count). The lowest BCUT2D eigenvalue weighted by molar-refractivity contribution is -0.176. The Hall–Kier alpha value is -3.94. The molecule has 0 bridgehead atoms. The molecule has 0 aromatic heterocycles. The third kappa shape index (κ3) is 4.57. The topological polar surface area (TPSA) is 226 Å². The van der Waals surface area contributed by atoms with Crippen molar-refractivity contribution in [1.82, 2.24) is 4.90 Å². The Bertz CT molecular complexity index is 1520. The number of nitrogens with two attached hydrogens (primary N) is 2. The van der Waals surface area contributed by atoms with Crippen molar-refractivity contribution in [3.05, 3.63) is 39.7 Å². The van der Waals surface area contributed by atoms with E-state index in [0.717, 1.165) is 0 Å². The number of ketones is 2. The molecule has 3 aliphatic rings. The average molecular weight is 601 g/mol. The number of aromatic hydroxyl groups is 1. The van der Waals surface area contributed by atoms with E-state index in [1.165, 1.54) is 32.0 Å². The van der Waals surface area contributed by atoms with Crippen LogP contribution in [0.15, 0.2) is 23.0 Å². The van der Waals surface area contributed by atoms with Crippen molar-refractivity contribution in [3.63, 3.8) is 0 Å².